The zero-order valence-electron chi connectivity index (χ0n) is 8.95. The Hall–Kier alpha value is -1.31. The van der Waals surface area contributed by atoms with Crippen LogP contribution in [0.2, 0.25) is 0 Å². The highest BCUT2D eigenvalue weighted by Crippen LogP contribution is 2.12. The number of hydrogen-bond donors (Lipinski definition) is 2. The second-order valence-electron chi connectivity index (χ2n) is 4.01. The number of nitrogens with one attached hydrogen (secondary N) is 2. The fourth-order valence-electron chi connectivity index (χ4n) is 1.96. The Balaban J connectivity index is 1.90. The van der Waals surface area contributed by atoms with Crippen LogP contribution < -0.4 is 5.32 Å². The number of H-pyrrole nitrogens is 1. The van der Waals surface area contributed by atoms with Crippen molar-refractivity contribution in [2.24, 2.45) is 0 Å². The lowest BCUT2D eigenvalue weighted by molar-refractivity contribution is 0.305. The third-order valence-electron chi connectivity index (χ3n) is 2.71. The molecule has 0 saturated carbocycles. The van der Waals surface area contributed by atoms with Crippen LogP contribution in [0.15, 0.2) is 6.33 Å². The summed E-state index contributed by atoms with van der Waals surface area (Å²) in [5.41, 5.74) is 2.40. The van der Waals surface area contributed by atoms with E-state index < -0.39 is 0 Å². The topological polar surface area (TPSA) is 44.0 Å². The first-order valence-corrected chi connectivity index (χ1v) is 5.16. The van der Waals surface area contributed by atoms with E-state index in [0.29, 0.717) is 12.6 Å². The van der Waals surface area contributed by atoms with E-state index in [1.54, 1.807) is 6.33 Å². The average molecular weight is 204 g/mol. The van der Waals surface area contributed by atoms with Gasteiger partial charge in [0.25, 0.3) is 0 Å². The first-order chi connectivity index (χ1) is 7.29. The van der Waals surface area contributed by atoms with Crippen molar-refractivity contribution < 1.29 is 0 Å². The summed E-state index contributed by atoms with van der Waals surface area (Å²) in [6, 6.07) is 0.458. The van der Waals surface area contributed by atoms with Gasteiger partial charge in [0.1, 0.15) is 0 Å². The van der Waals surface area contributed by atoms with Crippen LogP contribution in [0, 0.1) is 12.3 Å². The number of nitrogens with zero attached hydrogens (tertiary/aromatic N) is 2. The molecule has 1 aliphatic heterocycles. The lowest BCUT2D eigenvalue weighted by atomic mass is 10.1. The van der Waals surface area contributed by atoms with E-state index in [0.717, 1.165) is 19.5 Å². The van der Waals surface area contributed by atoms with Crippen molar-refractivity contribution in [3.8, 4) is 12.3 Å². The summed E-state index contributed by atoms with van der Waals surface area (Å²) in [7, 11) is 2.04. The first-order valence-electron chi connectivity index (χ1n) is 5.16. The molecule has 2 N–H and O–H groups in total. The lowest BCUT2D eigenvalue weighted by Gasteiger charge is -2.26. The summed E-state index contributed by atoms with van der Waals surface area (Å²) in [6.07, 6.45) is 8.01. The van der Waals surface area contributed by atoms with Gasteiger partial charge in [-0.05, 0) is 7.05 Å². The van der Waals surface area contributed by atoms with Crippen LogP contribution in [-0.4, -0.2) is 41.0 Å². The monoisotopic (exact) mass is 204 g/mol. The van der Waals surface area contributed by atoms with E-state index in [4.69, 9.17) is 6.42 Å². The molecule has 80 valence electrons. The molecule has 1 aliphatic rings. The van der Waals surface area contributed by atoms with E-state index in [-0.39, 0.29) is 0 Å². The molecule has 1 aromatic rings. The minimum Gasteiger partial charge on any atom is -0.347 e. The van der Waals surface area contributed by atoms with Crippen LogP contribution in [-0.2, 0) is 13.0 Å². The van der Waals surface area contributed by atoms with Crippen molar-refractivity contribution in [2.45, 2.75) is 19.0 Å². The van der Waals surface area contributed by atoms with E-state index in [9.17, 15) is 0 Å². The molecule has 2 heterocycles. The van der Waals surface area contributed by atoms with Gasteiger partial charge in [-0.25, -0.2) is 4.98 Å². The minimum absolute atomic E-state index is 0.458. The molecule has 0 aliphatic carbocycles. The van der Waals surface area contributed by atoms with Gasteiger partial charge < -0.3 is 10.3 Å². The van der Waals surface area contributed by atoms with E-state index in [1.807, 2.05) is 7.05 Å². The van der Waals surface area contributed by atoms with Crippen LogP contribution in [0.4, 0.5) is 0 Å². The number of fused-ring (bicyclic) bond motifs is 1. The Morgan fingerprint density at radius 2 is 2.60 bits per heavy atom. The number of hydrogen-bond acceptors (Lipinski definition) is 3. The molecule has 1 atom stereocenters. The summed E-state index contributed by atoms with van der Waals surface area (Å²) in [6.45, 7) is 2.55. The van der Waals surface area contributed by atoms with Gasteiger partial charge in [0.15, 0.2) is 0 Å². The lowest BCUT2D eigenvalue weighted by Crippen LogP contribution is -2.43. The molecule has 1 aromatic heterocycles. The fourth-order valence-corrected chi connectivity index (χ4v) is 1.96. The Morgan fingerprint density at radius 1 is 1.73 bits per heavy atom. The smallest absolute Gasteiger partial charge is 0.0925 e. The molecule has 0 radical (unpaired) electrons. The predicted octanol–water partition coefficient (Wildman–Crippen LogP) is -0.0110. The summed E-state index contributed by atoms with van der Waals surface area (Å²) in [5, 5.41) is 3.47. The second-order valence-corrected chi connectivity index (χ2v) is 4.01. The van der Waals surface area contributed by atoms with Crippen LogP contribution >= 0.6 is 0 Å². The molecule has 4 nitrogen and oxygen atoms in total. The maximum Gasteiger partial charge on any atom is 0.0925 e. The molecule has 0 fully saturated rings. The van der Waals surface area contributed by atoms with Crippen LogP contribution in [0.5, 0.6) is 0 Å². The zero-order chi connectivity index (χ0) is 10.7. The number of rotatable bonds is 3. The van der Waals surface area contributed by atoms with Crippen molar-refractivity contribution in [3.63, 3.8) is 0 Å². The summed E-state index contributed by atoms with van der Waals surface area (Å²) in [4.78, 5) is 9.59. The summed E-state index contributed by atoms with van der Waals surface area (Å²) >= 11 is 0. The highest BCUT2D eigenvalue weighted by molar-refractivity contribution is 5.16. The molecule has 15 heavy (non-hydrogen) atoms. The third kappa shape index (κ3) is 2.38. The Bertz CT molecular complexity index is 363. The van der Waals surface area contributed by atoms with Gasteiger partial charge >= 0.3 is 0 Å². The fraction of sp³-hybridized carbons (Fsp3) is 0.545. The normalized spacial score (nSPS) is 19.9. The SMILES string of the molecule is C#CCN(C)CC1Cc2nc[nH]c2CN1. The molecule has 2 rings (SSSR count). The molecular weight excluding hydrogens is 188 g/mol. The minimum atomic E-state index is 0.458. The third-order valence-corrected chi connectivity index (χ3v) is 2.71. The van der Waals surface area contributed by atoms with Gasteiger partial charge in [0.2, 0.25) is 0 Å². The maximum atomic E-state index is 5.27. The van der Waals surface area contributed by atoms with E-state index >= 15 is 0 Å². The highest BCUT2D eigenvalue weighted by atomic mass is 15.1. The van der Waals surface area contributed by atoms with E-state index in [2.05, 4.69) is 26.1 Å². The average Bonchev–Trinajstić information content (AvgIpc) is 2.65. The number of aromatic amines is 1. The molecule has 1 unspecified atom stereocenters. The standard InChI is InChI=1S/C11H16N4/c1-3-4-15(2)7-9-5-10-11(6-12-9)14-8-13-10/h1,8-9,12H,4-7H2,2H3,(H,13,14). The zero-order valence-corrected chi connectivity index (χ0v) is 8.95. The molecule has 0 bridgehead atoms. The summed E-state index contributed by atoms with van der Waals surface area (Å²) in [5.74, 6) is 2.65. The van der Waals surface area contributed by atoms with Gasteiger partial charge in [-0.1, -0.05) is 5.92 Å². The van der Waals surface area contributed by atoms with Crippen molar-refractivity contribution >= 4 is 0 Å². The van der Waals surface area contributed by atoms with Gasteiger partial charge in [0, 0.05) is 25.6 Å². The largest absolute Gasteiger partial charge is 0.347 e. The Labute approximate surface area is 90.1 Å². The van der Waals surface area contributed by atoms with Gasteiger partial charge in [-0.2, -0.15) is 0 Å². The van der Waals surface area contributed by atoms with Crippen LogP contribution in [0.3, 0.4) is 0 Å². The summed E-state index contributed by atoms with van der Waals surface area (Å²) < 4.78 is 0. The molecular formula is C11H16N4. The van der Waals surface area contributed by atoms with Gasteiger partial charge in [-0.3, -0.25) is 4.90 Å². The predicted molar refractivity (Wildman–Crippen MR) is 59.2 cm³/mol. The highest BCUT2D eigenvalue weighted by Gasteiger charge is 2.20. The van der Waals surface area contributed by atoms with Crippen molar-refractivity contribution in [2.75, 3.05) is 20.1 Å². The first kappa shape index (κ1) is 10.2. The maximum absolute atomic E-state index is 5.27. The number of aromatic nitrogens is 2. The molecule has 0 saturated heterocycles. The van der Waals surface area contributed by atoms with Crippen molar-refractivity contribution in [1.29, 1.82) is 0 Å². The van der Waals surface area contributed by atoms with Crippen LogP contribution in [0.25, 0.3) is 0 Å². The number of imidazole rings is 1. The van der Waals surface area contributed by atoms with Crippen molar-refractivity contribution in [1.82, 2.24) is 20.2 Å². The quantitative estimate of drug-likeness (QED) is 0.681. The molecule has 0 amide bonds. The molecule has 0 spiro atoms. The van der Waals surface area contributed by atoms with Crippen LogP contribution in [0.1, 0.15) is 11.4 Å². The van der Waals surface area contributed by atoms with Gasteiger partial charge in [-0.15, -0.1) is 6.42 Å². The number of likely N-dealkylation sites (N-methyl/N-ethyl adjacent to an activating group) is 1. The molecule has 4 heteroatoms. The Kier molecular flexibility index (Phi) is 3.05. The Morgan fingerprint density at radius 3 is 3.40 bits per heavy atom. The number of terminal acetylenes is 1. The van der Waals surface area contributed by atoms with E-state index in [1.165, 1.54) is 11.4 Å². The molecule has 0 aromatic carbocycles. The van der Waals surface area contributed by atoms with Gasteiger partial charge in [0.05, 0.1) is 24.3 Å². The second kappa shape index (κ2) is 4.47. The van der Waals surface area contributed by atoms with Crippen molar-refractivity contribution in [3.05, 3.63) is 17.7 Å².